The van der Waals surface area contributed by atoms with E-state index in [4.69, 9.17) is 4.52 Å². The third-order valence-corrected chi connectivity index (χ3v) is 3.10. The molecule has 0 aromatic carbocycles. The summed E-state index contributed by atoms with van der Waals surface area (Å²) < 4.78 is 5.00. The fraction of sp³-hybridized carbons (Fsp3) is 0.583. The first-order chi connectivity index (χ1) is 8.56. The molecule has 0 bridgehead atoms. The number of hydrazine groups is 1. The number of hydrogen-bond donors (Lipinski definition) is 0. The molecule has 1 aliphatic heterocycles. The maximum atomic E-state index is 12.4. The van der Waals surface area contributed by atoms with E-state index in [1.165, 1.54) is 10.0 Å². The highest BCUT2D eigenvalue weighted by Gasteiger charge is 2.33. The van der Waals surface area contributed by atoms with Crippen molar-refractivity contribution in [1.82, 2.24) is 15.2 Å². The van der Waals surface area contributed by atoms with E-state index in [1.54, 1.807) is 20.8 Å². The van der Waals surface area contributed by atoms with Crippen molar-refractivity contribution in [3.05, 3.63) is 17.0 Å². The fourth-order valence-corrected chi connectivity index (χ4v) is 2.18. The second-order valence-corrected chi connectivity index (χ2v) is 4.35. The van der Waals surface area contributed by atoms with Crippen molar-refractivity contribution in [3.8, 4) is 0 Å². The molecule has 2 rings (SSSR count). The lowest BCUT2D eigenvalue weighted by Crippen LogP contribution is -2.44. The molecule has 1 fully saturated rings. The minimum atomic E-state index is -0.203. The second-order valence-electron chi connectivity index (χ2n) is 4.35. The predicted molar refractivity (Wildman–Crippen MR) is 63.6 cm³/mol. The molecule has 1 aromatic rings. The molecule has 1 aromatic heterocycles. The molecule has 2 amide bonds. The Kier molecular flexibility index (Phi) is 3.36. The summed E-state index contributed by atoms with van der Waals surface area (Å²) in [5.41, 5.74) is 1.03. The van der Waals surface area contributed by atoms with Gasteiger partial charge in [0, 0.05) is 19.5 Å². The van der Waals surface area contributed by atoms with Crippen LogP contribution in [0.4, 0.5) is 0 Å². The van der Waals surface area contributed by atoms with Crippen LogP contribution in [0, 0.1) is 13.8 Å². The number of carbonyl (C=O) groups excluding carboxylic acids is 2. The minimum Gasteiger partial charge on any atom is -0.361 e. The van der Waals surface area contributed by atoms with Crippen LogP contribution in [0.25, 0.3) is 0 Å². The van der Waals surface area contributed by atoms with Gasteiger partial charge in [-0.2, -0.15) is 0 Å². The maximum absolute atomic E-state index is 12.4. The van der Waals surface area contributed by atoms with Gasteiger partial charge in [-0.3, -0.25) is 14.6 Å². The van der Waals surface area contributed by atoms with Crippen LogP contribution in [-0.4, -0.2) is 40.1 Å². The van der Waals surface area contributed by atoms with E-state index in [0.29, 0.717) is 36.5 Å². The summed E-state index contributed by atoms with van der Waals surface area (Å²) in [5.74, 6) is 0.256. The third kappa shape index (κ3) is 1.98. The van der Waals surface area contributed by atoms with Gasteiger partial charge in [-0.25, -0.2) is 5.01 Å². The standard InChI is InChI=1S/C12H17N3O3/c1-4-10(16)14-6-5-7-15(14)12(17)11-8(2)13-18-9(11)3/h4-7H2,1-3H3. The van der Waals surface area contributed by atoms with Crippen LogP contribution in [0.3, 0.4) is 0 Å². The highest BCUT2D eigenvalue weighted by molar-refractivity contribution is 5.97. The van der Waals surface area contributed by atoms with Crippen molar-refractivity contribution >= 4 is 11.8 Å². The Balaban J connectivity index is 2.26. The molecule has 6 nitrogen and oxygen atoms in total. The van der Waals surface area contributed by atoms with Crippen LogP contribution >= 0.6 is 0 Å². The van der Waals surface area contributed by atoms with Crippen molar-refractivity contribution in [3.63, 3.8) is 0 Å². The van der Waals surface area contributed by atoms with E-state index >= 15 is 0 Å². The molecule has 0 aliphatic carbocycles. The topological polar surface area (TPSA) is 66.7 Å². The lowest BCUT2D eigenvalue weighted by molar-refractivity contribution is -0.140. The Hall–Kier alpha value is -1.85. The Morgan fingerprint density at radius 2 is 1.94 bits per heavy atom. The first-order valence-electron chi connectivity index (χ1n) is 6.11. The van der Waals surface area contributed by atoms with Gasteiger partial charge in [0.1, 0.15) is 11.3 Å². The predicted octanol–water partition coefficient (Wildman–Crippen LogP) is 1.29. The Labute approximate surface area is 105 Å². The molecule has 0 atom stereocenters. The van der Waals surface area contributed by atoms with Gasteiger partial charge in [-0.15, -0.1) is 0 Å². The summed E-state index contributed by atoms with van der Waals surface area (Å²) in [6, 6.07) is 0. The molecule has 0 unspecified atom stereocenters. The summed E-state index contributed by atoms with van der Waals surface area (Å²) in [6.45, 7) is 6.39. The van der Waals surface area contributed by atoms with E-state index in [-0.39, 0.29) is 11.8 Å². The van der Waals surface area contributed by atoms with Crippen molar-refractivity contribution < 1.29 is 14.1 Å². The van der Waals surface area contributed by atoms with Crippen LogP contribution in [0.1, 0.15) is 41.6 Å². The lowest BCUT2D eigenvalue weighted by atomic mass is 10.2. The molecule has 2 heterocycles. The first kappa shape index (κ1) is 12.6. The number of rotatable bonds is 2. The van der Waals surface area contributed by atoms with Crippen LogP contribution in [0.15, 0.2) is 4.52 Å². The Bertz CT molecular complexity index is 461. The van der Waals surface area contributed by atoms with Gasteiger partial charge >= 0.3 is 0 Å². The fourth-order valence-electron chi connectivity index (χ4n) is 2.18. The maximum Gasteiger partial charge on any atom is 0.277 e. The molecule has 1 aliphatic rings. The number of hydrogen-bond acceptors (Lipinski definition) is 4. The third-order valence-electron chi connectivity index (χ3n) is 3.10. The number of carbonyl (C=O) groups is 2. The number of aromatic nitrogens is 1. The smallest absolute Gasteiger partial charge is 0.277 e. The second kappa shape index (κ2) is 4.80. The Morgan fingerprint density at radius 1 is 1.28 bits per heavy atom. The molecule has 0 N–H and O–H groups in total. The van der Waals surface area contributed by atoms with Gasteiger partial charge in [-0.05, 0) is 20.3 Å². The largest absolute Gasteiger partial charge is 0.361 e. The highest BCUT2D eigenvalue weighted by Crippen LogP contribution is 2.20. The van der Waals surface area contributed by atoms with E-state index in [2.05, 4.69) is 5.16 Å². The van der Waals surface area contributed by atoms with Crippen molar-refractivity contribution in [2.24, 2.45) is 0 Å². The SMILES string of the molecule is CCC(=O)N1CCCN1C(=O)c1c(C)noc1C. The van der Waals surface area contributed by atoms with Crippen LogP contribution in [0.5, 0.6) is 0 Å². The van der Waals surface area contributed by atoms with Gasteiger partial charge in [0.05, 0.1) is 5.69 Å². The normalized spacial score (nSPS) is 15.3. The summed E-state index contributed by atoms with van der Waals surface area (Å²) >= 11 is 0. The quantitative estimate of drug-likeness (QED) is 0.794. The lowest BCUT2D eigenvalue weighted by Gasteiger charge is -2.27. The van der Waals surface area contributed by atoms with Crippen LogP contribution in [-0.2, 0) is 4.79 Å². The molecule has 0 radical (unpaired) electrons. The number of nitrogens with zero attached hydrogens (tertiary/aromatic N) is 3. The summed E-state index contributed by atoms with van der Waals surface area (Å²) in [6.07, 6.45) is 1.20. The van der Waals surface area contributed by atoms with Crippen LogP contribution < -0.4 is 0 Å². The molecule has 0 saturated carbocycles. The molecule has 0 spiro atoms. The van der Waals surface area contributed by atoms with Gasteiger partial charge in [0.2, 0.25) is 5.91 Å². The highest BCUT2D eigenvalue weighted by atomic mass is 16.5. The van der Waals surface area contributed by atoms with Crippen molar-refractivity contribution in [2.45, 2.75) is 33.6 Å². The number of aryl methyl sites for hydroxylation is 2. The number of amides is 2. The van der Waals surface area contributed by atoms with Gasteiger partial charge in [-0.1, -0.05) is 12.1 Å². The Morgan fingerprint density at radius 3 is 2.50 bits per heavy atom. The van der Waals surface area contributed by atoms with E-state index in [9.17, 15) is 9.59 Å². The van der Waals surface area contributed by atoms with Gasteiger partial charge < -0.3 is 4.52 Å². The molecule has 6 heteroatoms. The average molecular weight is 251 g/mol. The summed E-state index contributed by atoms with van der Waals surface area (Å²) in [5, 5.41) is 6.79. The van der Waals surface area contributed by atoms with Crippen molar-refractivity contribution in [2.75, 3.05) is 13.1 Å². The van der Waals surface area contributed by atoms with E-state index in [0.717, 1.165) is 6.42 Å². The summed E-state index contributed by atoms with van der Waals surface area (Å²) in [7, 11) is 0. The zero-order chi connectivity index (χ0) is 13.3. The average Bonchev–Trinajstić information content (AvgIpc) is 2.95. The molecule has 18 heavy (non-hydrogen) atoms. The van der Waals surface area contributed by atoms with Gasteiger partial charge in [0.15, 0.2) is 0 Å². The minimum absolute atomic E-state index is 0.0346. The van der Waals surface area contributed by atoms with Crippen molar-refractivity contribution in [1.29, 1.82) is 0 Å². The first-order valence-corrected chi connectivity index (χ1v) is 6.11. The summed E-state index contributed by atoms with van der Waals surface area (Å²) in [4.78, 5) is 24.2. The molecular formula is C12H17N3O3. The van der Waals surface area contributed by atoms with E-state index in [1.807, 2.05) is 0 Å². The molecule has 1 saturated heterocycles. The van der Waals surface area contributed by atoms with E-state index < -0.39 is 0 Å². The van der Waals surface area contributed by atoms with Gasteiger partial charge in [0.25, 0.3) is 5.91 Å². The molecular weight excluding hydrogens is 234 g/mol. The zero-order valence-electron chi connectivity index (χ0n) is 10.9. The molecule has 98 valence electrons. The zero-order valence-corrected chi connectivity index (χ0v) is 10.9. The van der Waals surface area contributed by atoms with Crippen LogP contribution in [0.2, 0.25) is 0 Å². The monoisotopic (exact) mass is 251 g/mol.